The van der Waals surface area contributed by atoms with Crippen LogP contribution in [-0.2, 0) is 4.74 Å². The maximum Gasteiger partial charge on any atom is 0.0615 e. The molecule has 2 N–H and O–H groups in total. The zero-order chi connectivity index (χ0) is 12.3. The zero-order valence-electron chi connectivity index (χ0n) is 11.3. The van der Waals surface area contributed by atoms with Gasteiger partial charge in [0.1, 0.15) is 0 Å². The number of nitrogens with zero attached hydrogens (tertiary/aromatic N) is 2. The summed E-state index contributed by atoms with van der Waals surface area (Å²) in [4.78, 5) is 5.20. The average molecular weight is 241 g/mol. The molecule has 2 atom stereocenters. The Labute approximate surface area is 105 Å². The van der Waals surface area contributed by atoms with Crippen molar-refractivity contribution in [3.63, 3.8) is 0 Å². The van der Waals surface area contributed by atoms with Crippen molar-refractivity contribution in [1.82, 2.24) is 9.80 Å². The van der Waals surface area contributed by atoms with Gasteiger partial charge in [-0.1, -0.05) is 0 Å². The zero-order valence-corrected chi connectivity index (χ0v) is 11.3. The molecule has 0 radical (unpaired) electrons. The summed E-state index contributed by atoms with van der Waals surface area (Å²) in [6, 6.07) is 1.75. The molecule has 2 unspecified atom stereocenters. The van der Waals surface area contributed by atoms with E-state index in [0.717, 1.165) is 12.6 Å². The lowest BCUT2D eigenvalue weighted by Gasteiger charge is -2.35. The Bertz CT molecular complexity index is 229. The van der Waals surface area contributed by atoms with Gasteiger partial charge in [-0.15, -0.1) is 0 Å². The maximum absolute atomic E-state index is 5.96. The molecule has 4 nitrogen and oxygen atoms in total. The molecule has 0 spiro atoms. The number of ether oxygens (including phenoxy) is 1. The standard InChI is InChI=1S/C13H27N3O/c1-11(10-17-2)16-8-5-13(9-16)15-6-3-12(14)4-7-15/h11-13H,3-10,14H2,1-2H3. The maximum atomic E-state index is 5.96. The van der Waals surface area contributed by atoms with E-state index in [9.17, 15) is 0 Å². The topological polar surface area (TPSA) is 41.7 Å². The van der Waals surface area contributed by atoms with Crippen molar-refractivity contribution in [2.24, 2.45) is 5.73 Å². The molecule has 0 aromatic carbocycles. The Morgan fingerprint density at radius 2 is 1.94 bits per heavy atom. The molecule has 0 bridgehead atoms. The Morgan fingerprint density at radius 1 is 1.24 bits per heavy atom. The van der Waals surface area contributed by atoms with Crippen molar-refractivity contribution < 1.29 is 4.74 Å². The molecule has 0 saturated carbocycles. The molecule has 0 aromatic heterocycles. The SMILES string of the molecule is COCC(C)N1CCC(N2CCC(N)CC2)C1. The number of methoxy groups -OCH3 is 1. The van der Waals surface area contributed by atoms with Gasteiger partial charge in [-0.2, -0.15) is 0 Å². The van der Waals surface area contributed by atoms with Crippen LogP contribution in [0.25, 0.3) is 0 Å². The summed E-state index contributed by atoms with van der Waals surface area (Å²) in [7, 11) is 1.79. The Kier molecular flexibility index (Phi) is 4.79. The van der Waals surface area contributed by atoms with E-state index in [1.54, 1.807) is 7.11 Å². The average Bonchev–Trinajstić information content (AvgIpc) is 2.80. The van der Waals surface area contributed by atoms with Gasteiger partial charge in [-0.3, -0.25) is 9.80 Å². The third kappa shape index (κ3) is 3.41. The first-order chi connectivity index (χ1) is 8.20. The second-order valence-electron chi connectivity index (χ2n) is 5.62. The molecule has 0 amide bonds. The van der Waals surface area contributed by atoms with E-state index in [1.807, 2.05) is 0 Å². The minimum Gasteiger partial charge on any atom is -0.383 e. The smallest absolute Gasteiger partial charge is 0.0615 e. The highest BCUT2D eigenvalue weighted by molar-refractivity contribution is 4.88. The summed E-state index contributed by atoms with van der Waals surface area (Å²) in [6.45, 7) is 7.92. The molecule has 0 aromatic rings. The van der Waals surface area contributed by atoms with Gasteiger partial charge in [0.25, 0.3) is 0 Å². The van der Waals surface area contributed by atoms with Gasteiger partial charge >= 0.3 is 0 Å². The van der Waals surface area contributed by atoms with Crippen LogP contribution in [0.15, 0.2) is 0 Å². The molecule has 2 aliphatic rings. The highest BCUT2D eigenvalue weighted by atomic mass is 16.5. The fourth-order valence-corrected chi connectivity index (χ4v) is 3.10. The quantitative estimate of drug-likeness (QED) is 0.779. The van der Waals surface area contributed by atoms with Crippen molar-refractivity contribution in [3.05, 3.63) is 0 Å². The second-order valence-corrected chi connectivity index (χ2v) is 5.62. The van der Waals surface area contributed by atoms with E-state index < -0.39 is 0 Å². The highest BCUT2D eigenvalue weighted by Gasteiger charge is 2.31. The number of piperidine rings is 1. The van der Waals surface area contributed by atoms with Crippen LogP contribution in [0.5, 0.6) is 0 Å². The summed E-state index contributed by atoms with van der Waals surface area (Å²) in [5, 5.41) is 0. The van der Waals surface area contributed by atoms with Crippen LogP contribution < -0.4 is 5.73 Å². The van der Waals surface area contributed by atoms with Crippen molar-refractivity contribution in [2.75, 3.05) is 39.9 Å². The van der Waals surface area contributed by atoms with Gasteiger partial charge < -0.3 is 10.5 Å². The monoisotopic (exact) mass is 241 g/mol. The number of nitrogens with two attached hydrogens (primary N) is 1. The van der Waals surface area contributed by atoms with E-state index in [-0.39, 0.29) is 0 Å². The van der Waals surface area contributed by atoms with Crippen LogP contribution in [0.1, 0.15) is 26.2 Å². The fourth-order valence-electron chi connectivity index (χ4n) is 3.10. The van der Waals surface area contributed by atoms with E-state index >= 15 is 0 Å². The number of rotatable bonds is 4. The van der Waals surface area contributed by atoms with Gasteiger partial charge in [0.05, 0.1) is 6.61 Å². The number of hydrogen-bond acceptors (Lipinski definition) is 4. The Balaban J connectivity index is 1.77. The van der Waals surface area contributed by atoms with Crippen LogP contribution in [0.3, 0.4) is 0 Å². The van der Waals surface area contributed by atoms with Crippen LogP contribution >= 0.6 is 0 Å². The minimum atomic E-state index is 0.441. The van der Waals surface area contributed by atoms with Gasteiger partial charge in [-0.25, -0.2) is 0 Å². The van der Waals surface area contributed by atoms with Crippen LogP contribution in [-0.4, -0.2) is 67.8 Å². The largest absolute Gasteiger partial charge is 0.383 e. The van der Waals surface area contributed by atoms with Gasteiger partial charge in [0.15, 0.2) is 0 Å². The first kappa shape index (κ1) is 13.3. The van der Waals surface area contributed by atoms with Crippen molar-refractivity contribution >= 4 is 0 Å². The summed E-state index contributed by atoms with van der Waals surface area (Å²) in [5.41, 5.74) is 5.96. The van der Waals surface area contributed by atoms with Gasteiger partial charge in [0.2, 0.25) is 0 Å². The molecule has 2 aliphatic heterocycles. The summed E-state index contributed by atoms with van der Waals surface area (Å²) in [6.07, 6.45) is 3.65. The summed E-state index contributed by atoms with van der Waals surface area (Å²) < 4.78 is 5.24. The van der Waals surface area contributed by atoms with Gasteiger partial charge in [-0.05, 0) is 39.3 Å². The van der Waals surface area contributed by atoms with Crippen LogP contribution in [0.2, 0.25) is 0 Å². The number of hydrogen-bond donors (Lipinski definition) is 1. The van der Waals surface area contributed by atoms with E-state index in [4.69, 9.17) is 10.5 Å². The van der Waals surface area contributed by atoms with Crippen molar-refractivity contribution in [3.8, 4) is 0 Å². The minimum absolute atomic E-state index is 0.441. The third-order valence-electron chi connectivity index (χ3n) is 4.32. The van der Waals surface area contributed by atoms with E-state index in [2.05, 4.69) is 16.7 Å². The lowest BCUT2D eigenvalue weighted by atomic mass is 10.0. The summed E-state index contributed by atoms with van der Waals surface area (Å²) in [5.74, 6) is 0. The van der Waals surface area contributed by atoms with E-state index in [0.29, 0.717) is 12.1 Å². The van der Waals surface area contributed by atoms with Crippen molar-refractivity contribution in [2.45, 2.75) is 44.3 Å². The van der Waals surface area contributed by atoms with Gasteiger partial charge in [0, 0.05) is 38.3 Å². The van der Waals surface area contributed by atoms with Crippen LogP contribution in [0, 0.1) is 0 Å². The second kappa shape index (κ2) is 6.14. The third-order valence-corrected chi connectivity index (χ3v) is 4.32. The molecule has 0 aliphatic carbocycles. The van der Waals surface area contributed by atoms with Crippen molar-refractivity contribution in [1.29, 1.82) is 0 Å². The molecule has 2 fully saturated rings. The molecular formula is C13H27N3O. The molecule has 2 saturated heterocycles. The molecule has 100 valence electrons. The first-order valence-electron chi connectivity index (χ1n) is 6.93. The predicted octanol–water partition coefficient (Wildman–Crippen LogP) is 0.519. The molecule has 17 heavy (non-hydrogen) atoms. The molecule has 2 rings (SSSR count). The molecule has 4 heteroatoms. The predicted molar refractivity (Wildman–Crippen MR) is 70.1 cm³/mol. The first-order valence-corrected chi connectivity index (χ1v) is 6.93. The molecule has 2 heterocycles. The molecular weight excluding hydrogens is 214 g/mol. The van der Waals surface area contributed by atoms with E-state index in [1.165, 1.54) is 45.4 Å². The highest BCUT2D eigenvalue weighted by Crippen LogP contribution is 2.21. The Hall–Kier alpha value is -0.160. The lowest BCUT2D eigenvalue weighted by molar-refractivity contribution is 0.101. The fraction of sp³-hybridized carbons (Fsp3) is 1.00. The number of likely N-dealkylation sites (tertiary alicyclic amines) is 2. The lowest BCUT2D eigenvalue weighted by Crippen LogP contribution is -2.46. The summed E-state index contributed by atoms with van der Waals surface area (Å²) >= 11 is 0. The van der Waals surface area contributed by atoms with Crippen LogP contribution in [0.4, 0.5) is 0 Å². The Morgan fingerprint density at radius 3 is 2.59 bits per heavy atom. The normalized spacial score (nSPS) is 30.9.